The molecule has 0 bridgehead atoms. The molecule has 0 aliphatic carbocycles. The van der Waals surface area contributed by atoms with Crippen LogP contribution in [0.4, 0.5) is 5.69 Å². The monoisotopic (exact) mass is 193 g/mol. The number of nitrogens with two attached hydrogens (primary N) is 1. The Hall–Kier alpha value is -1.06. The Bertz CT molecular complexity index is 295. The molecule has 1 saturated heterocycles. The number of benzene rings is 1. The summed E-state index contributed by atoms with van der Waals surface area (Å²) in [7, 11) is 0. The fourth-order valence-electron chi connectivity index (χ4n) is 1.52. The van der Waals surface area contributed by atoms with Gasteiger partial charge in [-0.25, -0.2) is 0 Å². The smallest absolute Gasteiger partial charge is 0.0835 e. The highest BCUT2D eigenvalue weighted by Gasteiger charge is 2.15. The van der Waals surface area contributed by atoms with Crippen molar-refractivity contribution in [1.29, 1.82) is 0 Å². The Morgan fingerprint density at radius 3 is 3.00 bits per heavy atom. The topological polar surface area (TPSA) is 44.5 Å². The predicted molar refractivity (Wildman–Crippen MR) is 54.9 cm³/mol. The van der Waals surface area contributed by atoms with E-state index in [2.05, 4.69) is 0 Å². The summed E-state index contributed by atoms with van der Waals surface area (Å²) < 4.78 is 10.9. The third kappa shape index (κ3) is 2.25. The van der Waals surface area contributed by atoms with Crippen LogP contribution in [0, 0.1) is 0 Å². The summed E-state index contributed by atoms with van der Waals surface area (Å²) in [5, 5.41) is 0. The van der Waals surface area contributed by atoms with E-state index in [4.69, 9.17) is 15.2 Å². The molecule has 1 unspecified atom stereocenters. The maximum absolute atomic E-state index is 5.79. The summed E-state index contributed by atoms with van der Waals surface area (Å²) >= 11 is 0. The summed E-state index contributed by atoms with van der Waals surface area (Å²) in [4.78, 5) is 0. The van der Waals surface area contributed by atoms with Crippen molar-refractivity contribution in [2.24, 2.45) is 0 Å². The van der Waals surface area contributed by atoms with E-state index in [1.165, 1.54) is 0 Å². The summed E-state index contributed by atoms with van der Waals surface area (Å²) in [6, 6.07) is 7.78. The molecule has 1 atom stereocenters. The van der Waals surface area contributed by atoms with Gasteiger partial charge in [-0.2, -0.15) is 0 Å². The van der Waals surface area contributed by atoms with E-state index in [0.717, 1.165) is 24.3 Å². The Morgan fingerprint density at radius 1 is 1.43 bits per heavy atom. The van der Waals surface area contributed by atoms with Gasteiger partial charge in [-0.05, 0) is 12.5 Å². The van der Waals surface area contributed by atoms with Crippen LogP contribution in [0.3, 0.4) is 0 Å². The van der Waals surface area contributed by atoms with Crippen molar-refractivity contribution in [1.82, 2.24) is 0 Å². The Balaban J connectivity index is 1.88. The van der Waals surface area contributed by atoms with E-state index in [-0.39, 0.29) is 6.10 Å². The fourth-order valence-corrected chi connectivity index (χ4v) is 1.52. The molecular weight excluding hydrogens is 178 g/mol. The third-order valence-electron chi connectivity index (χ3n) is 2.42. The van der Waals surface area contributed by atoms with Gasteiger partial charge in [-0.3, -0.25) is 0 Å². The van der Waals surface area contributed by atoms with E-state index in [0.29, 0.717) is 13.2 Å². The van der Waals surface area contributed by atoms with Crippen LogP contribution in [0.15, 0.2) is 24.3 Å². The molecule has 0 saturated carbocycles. The molecular formula is C11H15NO2. The van der Waals surface area contributed by atoms with Gasteiger partial charge in [0.15, 0.2) is 0 Å². The van der Waals surface area contributed by atoms with Crippen LogP contribution in [0.1, 0.15) is 12.0 Å². The second-order valence-electron chi connectivity index (χ2n) is 3.50. The molecule has 1 fully saturated rings. The SMILES string of the molecule is Nc1ccccc1COC1CCOC1. The zero-order valence-electron chi connectivity index (χ0n) is 8.11. The highest BCUT2D eigenvalue weighted by Crippen LogP contribution is 2.15. The lowest BCUT2D eigenvalue weighted by atomic mass is 10.2. The summed E-state index contributed by atoms with van der Waals surface area (Å²) in [5.74, 6) is 0. The van der Waals surface area contributed by atoms with Crippen molar-refractivity contribution < 1.29 is 9.47 Å². The number of para-hydroxylation sites is 1. The lowest BCUT2D eigenvalue weighted by Gasteiger charge is -2.10. The van der Waals surface area contributed by atoms with Crippen molar-refractivity contribution in [2.75, 3.05) is 18.9 Å². The standard InChI is InChI=1S/C11H15NO2/c12-11-4-2-1-3-9(11)7-14-10-5-6-13-8-10/h1-4,10H,5-8,12H2. The largest absolute Gasteiger partial charge is 0.398 e. The van der Waals surface area contributed by atoms with E-state index >= 15 is 0 Å². The zero-order chi connectivity index (χ0) is 9.80. The van der Waals surface area contributed by atoms with Crippen molar-refractivity contribution in [3.05, 3.63) is 29.8 Å². The first-order valence-corrected chi connectivity index (χ1v) is 4.89. The number of nitrogen functional groups attached to an aromatic ring is 1. The molecule has 0 spiro atoms. The Labute approximate surface area is 83.8 Å². The lowest BCUT2D eigenvalue weighted by Crippen LogP contribution is -2.12. The van der Waals surface area contributed by atoms with Crippen molar-refractivity contribution in [3.8, 4) is 0 Å². The minimum Gasteiger partial charge on any atom is -0.398 e. The number of ether oxygens (including phenoxy) is 2. The molecule has 0 radical (unpaired) electrons. The normalized spacial score (nSPS) is 21.3. The number of anilines is 1. The number of hydrogen-bond acceptors (Lipinski definition) is 3. The molecule has 1 heterocycles. The molecule has 1 aliphatic rings. The second kappa shape index (κ2) is 4.44. The Kier molecular flexibility index (Phi) is 3.01. The first-order chi connectivity index (χ1) is 6.86. The van der Waals surface area contributed by atoms with Crippen LogP contribution >= 0.6 is 0 Å². The van der Waals surface area contributed by atoms with Crippen LogP contribution < -0.4 is 5.73 Å². The maximum atomic E-state index is 5.79. The first-order valence-electron chi connectivity index (χ1n) is 4.89. The second-order valence-corrected chi connectivity index (χ2v) is 3.50. The van der Waals surface area contributed by atoms with E-state index in [1.807, 2.05) is 24.3 Å². The molecule has 2 N–H and O–H groups in total. The molecule has 1 aliphatic heterocycles. The molecule has 3 nitrogen and oxygen atoms in total. The molecule has 0 aromatic heterocycles. The maximum Gasteiger partial charge on any atom is 0.0835 e. The van der Waals surface area contributed by atoms with Gasteiger partial charge in [0.1, 0.15) is 0 Å². The highest BCUT2D eigenvalue weighted by atomic mass is 16.5. The van der Waals surface area contributed by atoms with Crippen LogP contribution in [-0.4, -0.2) is 19.3 Å². The predicted octanol–water partition coefficient (Wildman–Crippen LogP) is 1.57. The molecule has 1 aromatic carbocycles. The average molecular weight is 193 g/mol. The zero-order valence-corrected chi connectivity index (χ0v) is 8.11. The first kappa shape index (κ1) is 9.49. The number of rotatable bonds is 3. The highest BCUT2D eigenvalue weighted by molar-refractivity contribution is 5.45. The minimum atomic E-state index is 0.245. The van der Waals surface area contributed by atoms with Gasteiger partial charge in [0.05, 0.1) is 19.3 Å². The average Bonchev–Trinajstić information content (AvgIpc) is 2.69. The van der Waals surface area contributed by atoms with Crippen molar-refractivity contribution in [2.45, 2.75) is 19.1 Å². The summed E-state index contributed by atoms with van der Waals surface area (Å²) in [5.41, 5.74) is 7.65. The molecule has 0 amide bonds. The molecule has 1 aromatic rings. The van der Waals surface area contributed by atoms with Gasteiger partial charge in [0.2, 0.25) is 0 Å². The molecule has 76 valence electrons. The van der Waals surface area contributed by atoms with Crippen LogP contribution in [-0.2, 0) is 16.1 Å². The van der Waals surface area contributed by atoms with Gasteiger partial charge < -0.3 is 15.2 Å². The molecule has 2 rings (SSSR count). The number of hydrogen-bond donors (Lipinski definition) is 1. The molecule has 14 heavy (non-hydrogen) atoms. The van der Waals surface area contributed by atoms with E-state index in [9.17, 15) is 0 Å². The Morgan fingerprint density at radius 2 is 2.29 bits per heavy atom. The van der Waals surface area contributed by atoms with Crippen LogP contribution in [0.2, 0.25) is 0 Å². The third-order valence-corrected chi connectivity index (χ3v) is 2.42. The summed E-state index contributed by atoms with van der Waals surface area (Å²) in [6.45, 7) is 2.11. The van der Waals surface area contributed by atoms with E-state index in [1.54, 1.807) is 0 Å². The van der Waals surface area contributed by atoms with Gasteiger partial charge in [0.25, 0.3) is 0 Å². The summed E-state index contributed by atoms with van der Waals surface area (Å²) in [6.07, 6.45) is 1.24. The fraction of sp³-hybridized carbons (Fsp3) is 0.455. The van der Waals surface area contributed by atoms with E-state index < -0.39 is 0 Å². The quantitative estimate of drug-likeness (QED) is 0.741. The van der Waals surface area contributed by atoms with Crippen molar-refractivity contribution >= 4 is 5.69 Å². The van der Waals surface area contributed by atoms with Crippen LogP contribution in [0.5, 0.6) is 0 Å². The van der Waals surface area contributed by atoms with Gasteiger partial charge in [-0.15, -0.1) is 0 Å². The molecule has 3 heteroatoms. The van der Waals surface area contributed by atoms with Crippen molar-refractivity contribution in [3.63, 3.8) is 0 Å². The minimum absolute atomic E-state index is 0.245. The lowest BCUT2D eigenvalue weighted by molar-refractivity contribution is 0.0320. The van der Waals surface area contributed by atoms with Crippen LogP contribution in [0.25, 0.3) is 0 Å². The van der Waals surface area contributed by atoms with Gasteiger partial charge in [-0.1, -0.05) is 18.2 Å². The van der Waals surface area contributed by atoms with Gasteiger partial charge >= 0.3 is 0 Å². The van der Waals surface area contributed by atoms with Gasteiger partial charge in [0, 0.05) is 17.9 Å².